The average molecular weight is 202 g/mol. The number of hydrogen-bond acceptors (Lipinski definition) is 3. The summed E-state index contributed by atoms with van der Waals surface area (Å²) in [6, 6.07) is 6.71. The minimum atomic E-state index is -0.153. The van der Waals surface area contributed by atoms with Gasteiger partial charge in [-0.25, -0.2) is 0 Å². The Morgan fingerprint density at radius 3 is 3.20 bits per heavy atom. The van der Waals surface area contributed by atoms with E-state index in [0.717, 1.165) is 0 Å². The zero-order valence-electron chi connectivity index (χ0n) is 8.09. The molecule has 2 aromatic rings. The zero-order valence-corrected chi connectivity index (χ0v) is 8.09. The Morgan fingerprint density at radius 2 is 2.40 bits per heavy atom. The lowest BCUT2D eigenvalue weighted by Gasteiger charge is -2.03. The van der Waals surface area contributed by atoms with Crippen LogP contribution in [0.25, 0.3) is 5.65 Å². The lowest BCUT2D eigenvalue weighted by atomic mass is 10.4. The Kier molecular flexibility index (Phi) is 2.49. The molecule has 4 nitrogen and oxygen atoms in total. The molecular weight excluding hydrogens is 192 g/mol. The van der Waals surface area contributed by atoms with Crippen LogP contribution in [0.1, 0.15) is 0 Å². The summed E-state index contributed by atoms with van der Waals surface area (Å²) in [5.74, 6) is 0.325. The number of aromatic nitrogens is 2. The lowest BCUT2D eigenvalue weighted by Crippen LogP contribution is -2.14. The van der Waals surface area contributed by atoms with Crippen molar-refractivity contribution in [2.45, 2.75) is 0 Å². The highest BCUT2D eigenvalue weighted by Crippen LogP contribution is 2.05. The zero-order chi connectivity index (χ0) is 10.7. The van der Waals surface area contributed by atoms with Gasteiger partial charge in [0.2, 0.25) is 5.88 Å². The quantitative estimate of drug-likeness (QED) is 0.704. The second-order valence-electron chi connectivity index (χ2n) is 2.96. The smallest absolute Gasteiger partial charge is 0.261 e. The van der Waals surface area contributed by atoms with Gasteiger partial charge in [0.15, 0.2) is 0 Å². The summed E-state index contributed by atoms with van der Waals surface area (Å²) < 4.78 is 6.66. The summed E-state index contributed by atoms with van der Waals surface area (Å²) in [6.45, 7) is 3.87. The number of fused-ring (bicyclic) bond motifs is 1. The Bertz CT molecular complexity index is 546. The highest BCUT2D eigenvalue weighted by atomic mass is 16.5. The third-order valence-electron chi connectivity index (χ3n) is 1.90. The highest BCUT2D eigenvalue weighted by molar-refractivity contribution is 5.39. The van der Waals surface area contributed by atoms with Gasteiger partial charge in [0, 0.05) is 6.20 Å². The molecule has 76 valence electrons. The molecule has 0 saturated carbocycles. The van der Waals surface area contributed by atoms with Crippen LogP contribution in [0.3, 0.4) is 0 Å². The molecule has 0 amide bonds. The number of nitrogens with zero attached hydrogens (tertiary/aromatic N) is 2. The van der Waals surface area contributed by atoms with Gasteiger partial charge in [-0.3, -0.25) is 9.20 Å². The van der Waals surface area contributed by atoms with Crippen molar-refractivity contribution in [3.05, 3.63) is 53.5 Å². The molecule has 2 aromatic heterocycles. The van der Waals surface area contributed by atoms with Crippen molar-refractivity contribution < 1.29 is 4.74 Å². The molecule has 0 bridgehead atoms. The van der Waals surface area contributed by atoms with Gasteiger partial charge in [-0.1, -0.05) is 18.7 Å². The molecule has 0 aliphatic heterocycles. The molecule has 0 radical (unpaired) electrons. The Labute approximate surface area is 86.5 Å². The summed E-state index contributed by atoms with van der Waals surface area (Å²) in [4.78, 5) is 15.7. The van der Waals surface area contributed by atoms with Crippen LogP contribution in [-0.2, 0) is 0 Å². The summed E-state index contributed by atoms with van der Waals surface area (Å²) in [7, 11) is 0. The van der Waals surface area contributed by atoms with Gasteiger partial charge in [-0.2, -0.15) is 4.98 Å². The van der Waals surface area contributed by atoms with E-state index in [0.29, 0.717) is 18.1 Å². The van der Waals surface area contributed by atoms with Crippen molar-refractivity contribution in [3.63, 3.8) is 0 Å². The van der Waals surface area contributed by atoms with Crippen LogP contribution in [0, 0.1) is 0 Å². The van der Waals surface area contributed by atoms with Gasteiger partial charge >= 0.3 is 0 Å². The largest absolute Gasteiger partial charge is 0.473 e. The fraction of sp³-hybridized carbons (Fsp3) is 0.0909. The van der Waals surface area contributed by atoms with E-state index in [4.69, 9.17) is 4.74 Å². The molecule has 0 aliphatic carbocycles. The minimum Gasteiger partial charge on any atom is -0.473 e. The van der Waals surface area contributed by atoms with Crippen molar-refractivity contribution in [3.8, 4) is 5.88 Å². The first kappa shape index (κ1) is 9.45. The van der Waals surface area contributed by atoms with Gasteiger partial charge < -0.3 is 4.74 Å². The summed E-state index contributed by atoms with van der Waals surface area (Å²) >= 11 is 0. The SMILES string of the molecule is C=CCOc1cc(=O)n2ccccc2n1. The second kappa shape index (κ2) is 3.96. The Balaban J connectivity index is 2.52. The number of hydrogen-bond donors (Lipinski definition) is 0. The molecule has 0 aromatic carbocycles. The van der Waals surface area contributed by atoms with E-state index in [1.807, 2.05) is 6.07 Å². The van der Waals surface area contributed by atoms with Crippen molar-refractivity contribution >= 4 is 5.65 Å². The average Bonchev–Trinajstić information content (AvgIpc) is 2.26. The van der Waals surface area contributed by atoms with E-state index in [9.17, 15) is 4.79 Å². The van der Waals surface area contributed by atoms with E-state index in [1.54, 1.807) is 24.4 Å². The normalized spacial score (nSPS) is 10.1. The van der Waals surface area contributed by atoms with E-state index >= 15 is 0 Å². The lowest BCUT2D eigenvalue weighted by molar-refractivity contribution is 0.348. The van der Waals surface area contributed by atoms with Crippen LogP contribution in [0.2, 0.25) is 0 Å². The van der Waals surface area contributed by atoms with Crippen LogP contribution in [0.5, 0.6) is 5.88 Å². The van der Waals surface area contributed by atoms with Gasteiger partial charge in [0.1, 0.15) is 12.3 Å². The van der Waals surface area contributed by atoms with Gasteiger partial charge in [0.25, 0.3) is 5.56 Å². The maximum absolute atomic E-state index is 11.6. The Morgan fingerprint density at radius 1 is 1.53 bits per heavy atom. The number of rotatable bonds is 3. The molecule has 0 spiro atoms. The van der Waals surface area contributed by atoms with Gasteiger partial charge in [-0.15, -0.1) is 0 Å². The highest BCUT2D eigenvalue weighted by Gasteiger charge is 2.00. The summed E-state index contributed by atoms with van der Waals surface area (Å²) in [5, 5.41) is 0. The third kappa shape index (κ3) is 1.88. The third-order valence-corrected chi connectivity index (χ3v) is 1.90. The van der Waals surface area contributed by atoms with E-state index < -0.39 is 0 Å². The second-order valence-corrected chi connectivity index (χ2v) is 2.96. The molecule has 0 atom stereocenters. The van der Waals surface area contributed by atoms with Crippen LogP contribution < -0.4 is 10.3 Å². The van der Waals surface area contributed by atoms with Crippen molar-refractivity contribution in [2.24, 2.45) is 0 Å². The van der Waals surface area contributed by atoms with Crippen LogP contribution >= 0.6 is 0 Å². The molecule has 0 aliphatic rings. The van der Waals surface area contributed by atoms with Crippen LogP contribution in [-0.4, -0.2) is 16.0 Å². The van der Waals surface area contributed by atoms with Crippen LogP contribution in [0.15, 0.2) is 47.9 Å². The number of pyridine rings is 1. The van der Waals surface area contributed by atoms with Crippen molar-refractivity contribution in [1.82, 2.24) is 9.38 Å². The van der Waals surface area contributed by atoms with E-state index in [-0.39, 0.29) is 5.56 Å². The van der Waals surface area contributed by atoms with Gasteiger partial charge in [0.05, 0.1) is 6.07 Å². The molecule has 0 fully saturated rings. The molecule has 0 unspecified atom stereocenters. The fourth-order valence-corrected chi connectivity index (χ4v) is 1.25. The molecule has 0 saturated heterocycles. The number of ether oxygens (including phenoxy) is 1. The molecular formula is C11H10N2O2. The van der Waals surface area contributed by atoms with Gasteiger partial charge in [-0.05, 0) is 12.1 Å². The van der Waals surface area contributed by atoms with E-state index in [2.05, 4.69) is 11.6 Å². The first-order valence-electron chi connectivity index (χ1n) is 4.53. The molecule has 2 heterocycles. The van der Waals surface area contributed by atoms with Crippen molar-refractivity contribution in [2.75, 3.05) is 6.61 Å². The molecule has 15 heavy (non-hydrogen) atoms. The summed E-state index contributed by atoms with van der Waals surface area (Å²) in [5.41, 5.74) is 0.420. The molecule has 0 N–H and O–H groups in total. The van der Waals surface area contributed by atoms with Crippen LogP contribution in [0.4, 0.5) is 0 Å². The maximum Gasteiger partial charge on any atom is 0.261 e. The fourth-order valence-electron chi connectivity index (χ4n) is 1.25. The molecule has 2 rings (SSSR count). The molecule has 4 heteroatoms. The predicted molar refractivity (Wildman–Crippen MR) is 57.2 cm³/mol. The monoisotopic (exact) mass is 202 g/mol. The standard InChI is InChI=1S/C11H10N2O2/c1-2-7-15-10-8-11(14)13-6-4-3-5-9(13)12-10/h2-6,8H,1,7H2. The summed E-state index contributed by atoms with van der Waals surface area (Å²) in [6.07, 6.45) is 3.27. The van der Waals surface area contributed by atoms with Crippen molar-refractivity contribution in [1.29, 1.82) is 0 Å². The minimum absolute atomic E-state index is 0.153. The topological polar surface area (TPSA) is 43.6 Å². The van der Waals surface area contributed by atoms with E-state index in [1.165, 1.54) is 10.5 Å². The first-order valence-corrected chi connectivity index (χ1v) is 4.53. The first-order chi connectivity index (χ1) is 7.31. The Hall–Kier alpha value is -2.10. The predicted octanol–water partition coefficient (Wildman–Crippen LogP) is 1.26. The maximum atomic E-state index is 11.6.